The molecule has 203 valence electrons. The zero-order valence-electron chi connectivity index (χ0n) is 23.1. The van der Waals surface area contributed by atoms with Gasteiger partial charge in [0, 0.05) is 37.6 Å². The molecule has 2 aromatic carbocycles. The van der Waals surface area contributed by atoms with Gasteiger partial charge in [-0.3, -0.25) is 0 Å². The van der Waals surface area contributed by atoms with Crippen molar-refractivity contribution in [1.29, 1.82) is 0 Å². The summed E-state index contributed by atoms with van der Waals surface area (Å²) < 4.78 is 0. The van der Waals surface area contributed by atoms with Crippen LogP contribution in [0.3, 0.4) is 0 Å². The molecule has 0 unspecified atom stereocenters. The van der Waals surface area contributed by atoms with Gasteiger partial charge in [0.1, 0.15) is 0 Å². The van der Waals surface area contributed by atoms with Crippen LogP contribution in [0.25, 0.3) is 0 Å². The van der Waals surface area contributed by atoms with Gasteiger partial charge in [-0.25, -0.2) is 0 Å². The van der Waals surface area contributed by atoms with Crippen LogP contribution >= 0.6 is 0 Å². The molecule has 0 saturated heterocycles. The van der Waals surface area contributed by atoms with Gasteiger partial charge >= 0.3 is 22.4 Å². The maximum absolute atomic E-state index is 3.77. The first-order chi connectivity index (χ1) is 15.1. The second-order valence-electron chi connectivity index (χ2n) is 10.4. The average Bonchev–Trinajstić information content (AvgIpc) is 2.73. The summed E-state index contributed by atoms with van der Waals surface area (Å²) in [4.78, 5) is 2.42. The molecule has 0 aromatic heterocycles. The molecule has 0 fully saturated rings. The monoisotopic (exact) mass is 614 g/mol. The van der Waals surface area contributed by atoms with Gasteiger partial charge in [-0.05, 0) is 53.0 Å². The second-order valence-corrected chi connectivity index (χ2v) is 10.4. The molecule has 1 radical (unpaired) electrons. The van der Waals surface area contributed by atoms with E-state index >= 15 is 0 Å². The third-order valence-corrected chi connectivity index (χ3v) is 6.34. The Bertz CT molecular complexity index is 732. The molecule has 0 amide bonds. The van der Waals surface area contributed by atoms with Crippen LogP contribution in [0, 0.1) is 0 Å². The number of anilines is 2. The molecule has 0 bridgehead atoms. The van der Waals surface area contributed by atoms with Gasteiger partial charge in [0.2, 0.25) is 0 Å². The Morgan fingerprint density at radius 3 is 1.06 bits per heavy atom. The van der Waals surface area contributed by atoms with Crippen LogP contribution in [0.1, 0.15) is 101 Å². The van der Waals surface area contributed by atoms with Crippen molar-refractivity contribution in [2.45, 2.75) is 79.1 Å². The summed E-state index contributed by atoms with van der Waals surface area (Å²) >= 11 is 0. The maximum atomic E-state index is 3.77. The molecule has 35 heavy (non-hydrogen) atoms. The summed E-state index contributed by atoms with van der Waals surface area (Å²) in [6.45, 7) is 22.2. The fraction of sp³-hybridized carbons (Fsp3) is 0.586. The molecule has 0 heterocycles. The molecule has 0 aliphatic rings. The standard InChI is InChI=1S/C29H47N3.Ag.2ClH/c1-20(2)24-12-10-13-25(21(3)4)28(24)30-16-18-32(9)19-17-31-29-26(22(5)6)14-11-15-27(29)23(7)8;;;/h10-15,20-23,30-31H,16-19H2,1-9H3;;2*1H/q;+2;;/p-2. The fourth-order valence-corrected chi connectivity index (χ4v) is 4.37. The Hall–Kier alpha value is -0.680. The number of hydrogen-bond acceptors (Lipinski definition) is 3. The molecule has 0 spiro atoms. The van der Waals surface area contributed by atoms with Crippen molar-refractivity contribution in [2.75, 3.05) is 43.9 Å². The molecule has 3 nitrogen and oxygen atoms in total. The molecule has 0 aliphatic carbocycles. The Balaban J connectivity index is 0. The van der Waals surface area contributed by atoms with Crippen molar-refractivity contribution < 1.29 is 47.2 Å². The van der Waals surface area contributed by atoms with Crippen molar-refractivity contribution in [3.63, 3.8) is 0 Å². The molecule has 0 saturated carbocycles. The van der Waals surface area contributed by atoms with E-state index in [4.69, 9.17) is 0 Å². The third-order valence-electron chi connectivity index (χ3n) is 6.34. The molecule has 0 atom stereocenters. The molecule has 6 heteroatoms. The van der Waals surface area contributed by atoms with E-state index in [0.29, 0.717) is 23.7 Å². The summed E-state index contributed by atoms with van der Waals surface area (Å²) in [5.41, 5.74) is 8.38. The zero-order chi connectivity index (χ0) is 23.8. The summed E-state index contributed by atoms with van der Waals surface area (Å²) in [7, 11) is 2.22. The summed E-state index contributed by atoms with van der Waals surface area (Å²) in [6.07, 6.45) is 0. The van der Waals surface area contributed by atoms with E-state index in [1.807, 2.05) is 0 Å². The van der Waals surface area contributed by atoms with Crippen molar-refractivity contribution >= 4 is 11.4 Å². The summed E-state index contributed by atoms with van der Waals surface area (Å²) in [5.74, 6) is 2.09. The predicted octanol–water partition coefficient (Wildman–Crippen LogP) is 1.64. The van der Waals surface area contributed by atoms with Crippen molar-refractivity contribution in [1.82, 2.24) is 4.90 Å². The number of halogens is 2. The maximum Gasteiger partial charge on any atom is 2.00 e. The van der Waals surface area contributed by atoms with Crippen molar-refractivity contribution in [2.24, 2.45) is 0 Å². The molecule has 2 aromatic rings. The van der Waals surface area contributed by atoms with Crippen LogP contribution in [0.15, 0.2) is 36.4 Å². The minimum absolute atomic E-state index is 0. The number of likely N-dealkylation sites (N-methyl/N-ethyl adjacent to an activating group) is 1. The minimum Gasteiger partial charge on any atom is -1.00 e. The van der Waals surface area contributed by atoms with E-state index in [1.54, 1.807) is 0 Å². The zero-order valence-corrected chi connectivity index (χ0v) is 26.1. The molecule has 0 aliphatic heterocycles. The van der Waals surface area contributed by atoms with Gasteiger partial charge in [-0.15, -0.1) is 0 Å². The van der Waals surface area contributed by atoms with Crippen LogP contribution in [0.2, 0.25) is 0 Å². The van der Waals surface area contributed by atoms with Crippen LogP contribution in [0.4, 0.5) is 11.4 Å². The first-order valence-electron chi connectivity index (χ1n) is 12.5. The number of nitrogens with zero attached hydrogens (tertiary/aromatic N) is 1. The number of nitrogens with one attached hydrogen (secondary N) is 2. The van der Waals surface area contributed by atoms with E-state index in [2.05, 4.69) is 114 Å². The van der Waals surface area contributed by atoms with Gasteiger partial charge in [0.05, 0.1) is 0 Å². The largest absolute Gasteiger partial charge is 2.00 e. The first kappa shape index (κ1) is 36.5. The normalized spacial score (nSPS) is 10.9. The second kappa shape index (κ2) is 17.7. The Morgan fingerprint density at radius 2 is 0.829 bits per heavy atom. The SMILES string of the molecule is CC(C)c1cccc(C(C)C)c1NCCN(C)CCNc1c(C(C)C)cccc1C(C)C.[Ag+2].[Cl-].[Cl-]. The smallest absolute Gasteiger partial charge is 1.00 e. The van der Waals surface area contributed by atoms with Gasteiger partial charge < -0.3 is 40.3 Å². The molecule has 2 rings (SSSR count). The number of para-hydroxylation sites is 2. The number of benzene rings is 2. The number of hydrogen-bond donors (Lipinski definition) is 2. The van der Waals surface area contributed by atoms with Crippen LogP contribution in [-0.4, -0.2) is 38.1 Å². The van der Waals surface area contributed by atoms with Crippen LogP contribution in [-0.2, 0) is 22.4 Å². The van der Waals surface area contributed by atoms with Gasteiger partial charge in [0.15, 0.2) is 0 Å². The van der Waals surface area contributed by atoms with Crippen LogP contribution < -0.4 is 35.4 Å². The van der Waals surface area contributed by atoms with Crippen LogP contribution in [0.5, 0.6) is 0 Å². The van der Waals surface area contributed by atoms with Crippen molar-refractivity contribution in [3.8, 4) is 0 Å². The quantitative estimate of drug-likeness (QED) is 0.356. The van der Waals surface area contributed by atoms with Gasteiger partial charge in [0.25, 0.3) is 0 Å². The Morgan fingerprint density at radius 1 is 0.571 bits per heavy atom. The summed E-state index contributed by atoms with van der Waals surface area (Å²) in [5, 5.41) is 7.54. The predicted molar refractivity (Wildman–Crippen MR) is 144 cm³/mol. The van der Waals surface area contributed by atoms with E-state index in [-0.39, 0.29) is 47.2 Å². The molecular formula is C29H47AgCl2N3. The fourth-order valence-electron chi connectivity index (χ4n) is 4.37. The molecular weight excluding hydrogens is 569 g/mol. The van der Waals surface area contributed by atoms with E-state index in [9.17, 15) is 0 Å². The van der Waals surface area contributed by atoms with E-state index in [1.165, 1.54) is 33.6 Å². The third kappa shape index (κ3) is 10.7. The summed E-state index contributed by atoms with van der Waals surface area (Å²) in [6, 6.07) is 13.5. The van der Waals surface area contributed by atoms with E-state index in [0.717, 1.165) is 26.2 Å². The average molecular weight is 616 g/mol. The Labute approximate surface area is 243 Å². The first-order valence-corrected chi connectivity index (χ1v) is 12.5. The molecule has 2 N–H and O–H groups in total. The van der Waals surface area contributed by atoms with Gasteiger partial charge in [-0.2, -0.15) is 0 Å². The minimum atomic E-state index is 0. The van der Waals surface area contributed by atoms with E-state index < -0.39 is 0 Å². The van der Waals surface area contributed by atoms with Gasteiger partial charge in [-0.1, -0.05) is 91.8 Å². The number of rotatable bonds is 12. The topological polar surface area (TPSA) is 27.3 Å². The van der Waals surface area contributed by atoms with Crippen molar-refractivity contribution in [3.05, 3.63) is 58.7 Å². The Kier molecular flexibility index (Phi) is 18.5.